The molecule has 6 heteroatoms. The summed E-state index contributed by atoms with van der Waals surface area (Å²) in [6, 6.07) is 45.8. The molecule has 0 aliphatic carbocycles. The Labute approximate surface area is 340 Å². The van der Waals surface area contributed by atoms with Crippen LogP contribution in [0.4, 0.5) is 34.1 Å². The molecule has 10 rings (SSSR count). The normalized spacial score (nSPS) is 14.5. The molecule has 6 aromatic carbocycles. The fourth-order valence-corrected chi connectivity index (χ4v) is 11.0. The molecule has 7 aromatic rings. The third-order valence-corrected chi connectivity index (χ3v) is 14.1. The van der Waals surface area contributed by atoms with Crippen LogP contribution in [0.5, 0.6) is 11.5 Å². The zero-order valence-electron chi connectivity index (χ0n) is 33.7. The third-order valence-electron chi connectivity index (χ3n) is 11.8. The highest BCUT2D eigenvalue weighted by molar-refractivity contribution is 7.99. The van der Waals surface area contributed by atoms with Gasteiger partial charge in [-0.1, -0.05) is 129 Å². The van der Waals surface area contributed by atoms with Crippen LogP contribution >= 0.6 is 23.1 Å². The maximum absolute atomic E-state index is 6.59. The van der Waals surface area contributed by atoms with Gasteiger partial charge in [0.05, 0.1) is 15.5 Å². The zero-order valence-corrected chi connectivity index (χ0v) is 35.4. The summed E-state index contributed by atoms with van der Waals surface area (Å²) >= 11 is 3.73. The number of ether oxygens (including phenoxy) is 1. The maximum atomic E-state index is 6.59. The van der Waals surface area contributed by atoms with Crippen molar-refractivity contribution >= 4 is 89.7 Å². The van der Waals surface area contributed by atoms with E-state index in [9.17, 15) is 0 Å². The Balaban J connectivity index is 1.26. The molecule has 1 aromatic heterocycles. The predicted molar refractivity (Wildman–Crippen MR) is 243 cm³/mol. The monoisotopic (exact) mass is 766 g/mol. The smallest absolute Gasteiger partial charge is 0.264 e. The number of nitrogens with zero attached hydrogens (tertiary/aromatic N) is 2. The van der Waals surface area contributed by atoms with E-state index >= 15 is 0 Å². The van der Waals surface area contributed by atoms with Crippen LogP contribution in [0.1, 0.15) is 79.0 Å². The second-order valence-corrected chi connectivity index (χ2v) is 20.9. The van der Waals surface area contributed by atoms with Crippen molar-refractivity contribution < 1.29 is 4.74 Å². The van der Waals surface area contributed by atoms with Gasteiger partial charge in [-0.2, -0.15) is 0 Å². The van der Waals surface area contributed by atoms with Crippen LogP contribution in [0, 0.1) is 0 Å². The van der Waals surface area contributed by atoms with Gasteiger partial charge in [-0.15, -0.1) is 11.3 Å². The highest BCUT2D eigenvalue weighted by atomic mass is 32.2. The second-order valence-electron chi connectivity index (χ2n) is 18.7. The Morgan fingerprint density at radius 1 is 0.518 bits per heavy atom. The van der Waals surface area contributed by atoms with Crippen molar-refractivity contribution in [3.63, 3.8) is 0 Å². The Morgan fingerprint density at radius 2 is 1.11 bits per heavy atom. The number of thiophene rings is 1. The molecule has 3 nitrogen and oxygen atoms in total. The first-order valence-corrected chi connectivity index (χ1v) is 21.4. The topological polar surface area (TPSA) is 15.7 Å². The summed E-state index contributed by atoms with van der Waals surface area (Å²) in [5.74, 6) is 1.86. The van der Waals surface area contributed by atoms with Crippen molar-refractivity contribution in [2.45, 2.75) is 88.3 Å². The van der Waals surface area contributed by atoms with Crippen LogP contribution < -0.4 is 30.2 Å². The van der Waals surface area contributed by atoms with Gasteiger partial charge in [0, 0.05) is 43.3 Å². The Bertz CT molecular complexity index is 2710. The molecule has 0 N–H and O–H groups in total. The summed E-state index contributed by atoms with van der Waals surface area (Å²) in [6.45, 7) is 20.8. The predicted octanol–water partition coefficient (Wildman–Crippen LogP) is 13.1. The fourth-order valence-electron chi connectivity index (χ4n) is 8.68. The van der Waals surface area contributed by atoms with Crippen molar-refractivity contribution in [3.05, 3.63) is 138 Å². The number of anilines is 6. The van der Waals surface area contributed by atoms with E-state index in [0.717, 1.165) is 21.3 Å². The van der Waals surface area contributed by atoms with Crippen LogP contribution in [0.2, 0.25) is 0 Å². The molecule has 3 aliphatic rings. The molecule has 4 heterocycles. The summed E-state index contributed by atoms with van der Waals surface area (Å²) in [5.41, 5.74) is 14.2. The summed E-state index contributed by atoms with van der Waals surface area (Å²) < 4.78 is 9.21. The number of hydrogen-bond donors (Lipinski definition) is 0. The number of benzene rings is 6. The van der Waals surface area contributed by atoms with Crippen LogP contribution in [0.25, 0.3) is 10.1 Å². The lowest BCUT2D eigenvalue weighted by atomic mass is 9.36. The first-order valence-electron chi connectivity index (χ1n) is 19.8. The van der Waals surface area contributed by atoms with Crippen molar-refractivity contribution in [3.8, 4) is 11.5 Å². The first kappa shape index (κ1) is 35.5. The van der Waals surface area contributed by atoms with Crippen molar-refractivity contribution in [1.29, 1.82) is 0 Å². The lowest BCUT2D eigenvalue weighted by Gasteiger charge is -2.43. The van der Waals surface area contributed by atoms with Gasteiger partial charge < -0.3 is 14.5 Å². The summed E-state index contributed by atoms with van der Waals surface area (Å²) in [5, 5.41) is 1.27. The molecule has 0 bridgehead atoms. The number of para-hydroxylation sites is 1. The lowest BCUT2D eigenvalue weighted by Crippen LogP contribution is -2.60. The van der Waals surface area contributed by atoms with Crippen molar-refractivity contribution in [1.82, 2.24) is 0 Å². The van der Waals surface area contributed by atoms with Gasteiger partial charge in [-0.3, -0.25) is 0 Å². The Morgan fingerprint density at radius 3 is 1.75 bits per heavy atom. The van der Waals surface area contributed by atoms with E-state index in [1.165, 1.54) is 76.6 Å². The number of rotatable bonds is 2. The van der Waals surface area contributed by atoms with E-state index in [-0.39, 0.29) is 23.0 Å². The van der Waals surface area contributed by atoms with Gasteiger partial charge in [-0.25, -0.2) is 0 Å². The van der Waals surface area contributed by atoms with Crippen molar-refractivity contribution in [2.24, 2.45) is 0 Å². The fraction of sp³-hybridized carbons (Fsp3) is 0.240. The largest absolute Gasteiger partial charge is 0.455 e. The molecule has 3 aliphatic heterocycles. The minimum Gasteiger partial charge on any atom is -0.455 e. The van der Waals surface area contributed by atoms with E-state index in [1.54, 1.807) is 11.8 Å². The molecule has 0 unspecified atom stereocenters. The van der Waals surface area contributed by atoms with Gasteiger partial charge >= 0.3 is 0 Å². The van der Waals surface area contributed by atoms with Crippen LogP contribution in [0.3, 0.4) is 0 Å². The van der Waals surface area contributed by atoms with Gasteiger partial charge in [-0.05, 0) is 111 Å². The highest BCUT2D eigenvalue weighted by Gasteiger charge is 2.45. The van der Waals surface area contributed by atoms with Gasteiger partial charge in [0.15, 0.2) is 0 Å². The summed E-state index contributed by atoms with van der Waals surface area (Å²) in [7, 11) is 0. The van der Waals surface area contributed by atoms with Gasteiger partial charge in [0.25, 0.3) is 6.71 Å². The molecule has 0 saturated heterocycles. The second kappa shape index (κ2) is 12.3. The maximum Gasteiger partial charge on any atom is 0.264 e. The molecular weight excluding hydrogens is 720 g/mol. The molecule has 56 heavy (non-hydrogen) atoms. The molecule has 278 valence electrons. The number of fused-ring (bicyclic) bond motifs is 8. The average Bonchev–Trinajstić information content (AvgIpc) is 3.52. The lowest BCUT2D eigenvalue weighted by molar-refractivity contribution is 0.455. The molecule has 0 fully saturated rings. The highest BCUT2D eigenvalue weighted by Crippen LogP contribution is 2.53. The van der Waals surface area contributed by atoms with E-state index in [0.29, 0.717) is 0 Å². The molecule has 0 amide bonds. The molecule has 0 spiro atoms. The molecule has 0 radical (unpaired) electrons. The average molecular weight is 767 g/mol. The molecule has 0 atom stereocenters. The Hall–Kier alpha value is -4.91. The first-order chi connectivity index (χ1) is 26.6. The standard InChI is InChI=1S/C50H47BN2OS2/c1-48(2,3)30-17-22-33(23-18-30)52-37-26-21-32(50(7,8)9)27-36(37)51-45-38(52)13-12-14-39(45)53(34-24-19-31(20-25-34)49(4,5)6)46-35-28-44-41(29-43(35)56-47(46)51)54-40-15-10-11-16-42(40)55-44/h10-29H,1-9H3. The van der Waals surface area contributed by atoms with Crippen LogP contribution in [-0.2, 0) is 16.2 Å². The van der Waals surface area contributed by atoms with E-state index in [2.05, 4.69) is 193 Å². The molecule has 0 saturated carbocycles. The molecular formula is C50H47BN2OS2. The van der Waals surface area contributed by atoms with Gasteiger partial charge in [0.1, 0.15) is 11.5 Å². The number of hydrogen-bond acceptors (Lipinski definition) is 5. The Kier molecular flexibility index (Phi) is 7.80. The van der Waals surface area contributed by atoms with Gasteiger partial charge in [0.2, 0.25) is 0 Å². The van der Waals surface area contributed by atoms with Crippen LogP contribution in [-0.4, -0.2) is 6.71 Å². The minimum atomic E-state index is -0.00483. The van der Waals surface area contributed by atoms with E-state index in [4.69, 9.17) is 4.74 Å². The van der Waals surface area contributed by atoms with Crippen molar-refractivity contribution in [2.75, 3.05) is 9.80 Å². The minimum absolute atomic E-state index is 0.00483. The third kappa shape index (κ3) is 5.55. The summed E-state index contributed by atoms with van der Waals surface area (Å²) in [6.07, 6.45) is 0. The SMILES string of the molecule is CC(C)(C)c1ccc(N2c3ccc(C(C)(C)C)cc3B3c4sc5cc6c(cc5c4N(c4ccc(C(C)(C)C)cc4)c4cccc2c43)Sc2ccccc2O6)cc1. The summed E-state index contributed by atoms with van der Waals surface area (Å²) in [4.78, 5) is 7.38. The van der Waals surface area contributed by atoms with Crippen LogP contribution in [0.15, 0.2) is 131 Å². The zero-order chi connectivity index (χ0) is 38.9. The van der Waals surface area contributed by atoms with E-state index in [1.807, 2.05) is 11.3 Å². The quantitative estimate of drug-likeness (QED) is 0.163. The van der Waals surface area contributed by atoms with E-state index < -0.39 is 0 Å².